The van der Waals surface area contributed by atoms with Crippen LogP contribution in [-0.4, -0.2) is 60.8 Å². The lowest BCUT2D eigenvalue weighted by Crippen LogP contribution is -2.43. The Hall–Kier alpha value is -1.59. The minimum absolute atomic E-state index is 0.191. The molecule has 1 aliphatic heterocycles. The lowest BCUT2D eigenvalue weighted by Gasteiger charge is -2.35. The SMILES string of the molecule is CCN(C(=O)OCc1ccccc1)[C@H]1CC[C@H](OCCCCCCN2CCC2)CC1. The molecule has 1 saturated heterocycles. The van der Waals surface area contributed by atoms with Gasteiger partial charge >= 0.3 is 6.09 Å². The molecule has 0 aromatic heterocycles. The minimum atomic E-state index is -0.191. The Balaban J connectivity index is 1.25. The van der Waals surface area contributed by atoms with Gasteiger partial charge in [0, 0.05) is 19.2 Å². The molecule has 1 aromatic carbocycles. The number of ether oxygens (including phenoxy) is 2. The first kappa shape index (κ1) is 23.1. The van der Waals surface area contributed by atoms with Crippen LogP contribution in [0.5, 0.6) is 0 Å². The fraction of sp³-hybridized carbons (Fsp3) is 0.720. The van der Waals surface area contributed by atoms with Crippen molar-refractivity contribution >= 4 is 6.09 Å². The molecule has 0 radical (unpaired) electrons. The van der Waals surface area contributed by atoms with Crippen molar-refractivity contribution in [2.45, 2.75) is 83.5 Å². The first-order chi connectivity index (χ1) is 14.8. The number of hydrogen-bond acceptors (Lipinski definition) is 4. The maximum Gasteiger partial charge on any atom is 0.410 e. The van der Waals surface area contributed by atoms with Gasteiger partial charge in [-0.3, -0.25) is 0 Å². The Morgan fingerprint density at radius 2 is 1.77 bits per heavy atom. The zero-order chi connectivity index (χ0) is 21.0. The van der Waals surface area contributed by atoms with Crippen LogP contribution in [0.3, 0.4) is 0 Å². The van der Waals surface area contributed by atoms with Gasteiger partial charge in [0.2, 0.25) is 0 Å². The number of carbonyl (C=O) groups excluding carboxylic acids is 1. The molecule has 0 spiro atoms. The molecular formula is C25H40N2O3. The van der Waals surface area contributed by atoms with Crippen LogP contribution in [0.4, 0.5) is 4.79 Å². The van der Waals surface area contributed by atoms with Crippen molar-refractivity contribution < 1.29 is 14.3 Å². The summed E-state index contributed by atoms with van der Waals surface area (Å²) in [5, 5.41) is 0. The number of likely N-dealkylation sites (tertiary alicyclic amines) is 1. The summed E-state index contributed by atoms with van der Waals surface area (Å²) in [5.41, 5.74) is 1.03. The zero-order valence-corrected chi connectivity index (χ0v) is 18.8. The Morgan fingerprint density at radius 1 is 1.03 bits per heavy atom. The van der Waals surface area contributed by atoms with E-state index in [1.165, 1.54) is 51.7 Å². The Kier molecular flexibility index (Phi) is 9.97. The van der Waals surface area contributed by atoms with Crippen LogP contribution >= 0.6 is 0 Å². The van der Waals surface area contributed by atoms with E-state index in [9.17, 15) is 4.79 Å². The van der Waals surface area contributed by atoms with Gasteiger partial charge in [-0.15, -0.1) is 0 Å². The van der Waals surface area contributed by atoms with E-state index in [1.54, 1.807) is 0 Å². The molecule has 1 heterocycles. The van der Waals surface area contributed by atoms with Crippen LogP contribution < -0.4 is 0 Å². The third-order valence-corrected chi connectivity index (χ3v) is 6.54. The lowest BCUT2D eigenvalue weighted by molar-refractivity contribution is 0.00399. The third-order valence-electron chi connectivity index (χ3n) is 6.54. The molecule has 5 nitrogen and oxygen atoms in total. The van der Waals surface area contributed by atoms with Crippen molar-refractivity contribution in [3.05, 3.63) is 35.9 Å². The maximum absolute atomic E-state index is 12.6. The highest BCUT2D eigenvalue weighted by Gasteiger charge is 2.29. The van der Waals surface area contributed by atoms with E-state index in [2.05, 4.69) is 4.90 Å². The van der Waals surface area contributed by atoms with Gasteiger partial charge in [-0.25, -0.2) is 4.79 Å². The Labute approximate surface area is 182 Å². The quantitative estimate of drug-likeness (QED) is 0.437. The molecule has 0 unspecified atom stereocenters. The molecule has 1 aromatic rings. The average Bonchev–Trinajstić information content (AvgIpc) is 2.75. The van der Waals surface area contributed by atoms with Gasteiger partial charge in [-0.2, -0.15) is 0 Å². The van der Waals surface area contributed by atoms with Crippen molar-refractivity contribution in [3.63, 3.8) is 0 Å². The van der Waals surface area contributed by atoms with Gasteiger partial charge in [0.25, 0.3) is 0 Å². The standard InChI is InChI=1S/C25H40N2O3/c1-2-27(25(28)30-21-22-11-6-5-7-12-22)23-13-15-24(16-14-23)29-20-9-4-3-8-17-26-18-10-19-26/h5-7,11-12,23-24H,2-4,8-10,13-21H2,1H3/t23-,24-. The first-order valence-electron chi connectivity index (χ1n) is 12.1. The summed E-state index contributed by atoms with van der Waals surface area (Å²) >= 11 is 0. The third kappa shape index (κ3) is 7.59. The van der Waals surface area contributed by atoms with Crippen LogP contribution in [-0.2, 0) is 16.1 Å². The van der Waals surface area contributed by atoms with E-state index in [-0.39, 0.29) is 12.1 Å². The first-order valence-corrected chi connectivity index (χ1v) is 12.1. The van der Waals surface area contributed by atoms with E-state index >= 15 is 0 Å². The fourth-order valence-electron chi connectivity index (χ4n) is 4.51. The highest BCUT2D eigenvalue weighted by Crippen LogP contribution is 2.26. The molecule has 1 amide bonds. The fourth-order valence-corrected chi connectivity index (χ4v) is 4.51. The Morgan fingerprint density at radius 3 is 2.43 bits per heavy atom. The summed E-state index contributed by atoms with van der Waals surface area (Å²) in [7, 11) is 0. The summed E-state index contributed by atoms with van der Waals surface area (Å²) in [5.74, 6) is 0. The number of nitrogens with zero attached hydrogens (tertiary/aromatic N) is 2. The monoisotopic (exact) mass is 416 g/mol. The average molecular weight is 417 g/mol. The molecule has 0 N–H and O–H groups in total. The normalized spacial score (nSPS) is 21.8. The van der Waals surface area contributed by atoms with Crippen molar-refractivity contribution in [1.29, 1.82) is 0 Å². The maximum atomic E-state index is 12.6. The molecule has 3 rings (SSSR count). The van der Waals surface area contributed by atoms with Crippen LogP contribution in [0.1, 0.15) is 70.3 Å². The largest absolute Gasteiger partial charge is 0.445 e. The lowest BCUT2D eigenvalue weighted by atomic mass is 9.92. The minimum Gasteiger partial charge on any atom is -0.445 e. The second kappa shape index (κ2) is 13.0. The summed E-state index contributed by atoms with van der Waals surface area (Å²) in [6, 6.07) is 10.2. The van der Waals surface area contributed by atoms with Gasteiger partial charge in [0.1, 0.15) is 6.61 Å². The smallest absolute Gasteiger partial charge is 0.410 e. The summed E-state index contributed by atoms with van der Waals surface area (Å²) in [4.78, 5) is 17.0. The van der Waals surface area contributed by atoms with Crippen LogP contribution in [0.2, 0.25) is 0 Å². The second-order valence-corrected chi connectivity index (χ2v) is 8.74. The van der Waals surface area contributed by atoms with E-state index in [1.807, 2.05) is 42.2 Å². The van der Waals surface area contributed by atoms with E-state index in [4.69, 9.17) is 9.47 Å². The van der Waals surface area contributed by atoms with E-state index in [0.717, 1.165) is 37.9 Å². The Bertz CT molecular complexity index is 598. The molecule has 1 aliphatic carbocycles. The highest BCUT2D eigenvalue weighted by atomic mass is 16.6. The number of rotatable bonds is 12. The molecule has 168 valence electrons. The van der Waals surface area contributed by atoms with Crippen LogP contribution in [0, 0.1) is 0 Å². The van der Waals surface area contributed by atoms with Gasteiger partial charge in [0.15, 0.2) is 0 Å². The highest BCUT2D eigenvalue weighted by molar-refractivity contribution is 5.68. The van der Waals surface area contributed by atoms with Crippen molar-refractivity contribution in [2.75, 3.05) is 32.8 Å². The molecule has 5 heteroatoms. The van der Waals surface area contributed by atoms with Gasteiger partial charge in [-0.1, -0.05) is 43.2 Å². The van der Waals surface area contributed by atoms with Gasteiger partial charge in [0.05, 0.1) is 6.10 Å². The zero-order valence-electron chi connectivity index (χ0n) is 18.8. The second-order valence-electron chi connectivity index (χ2n) is 8.74. The number of benzene rings is 1. The predicted octanol–water partition coefficient (Wildman–Crippen LogP) is 5.24. The molecule has 2 aliphatic rings. The van der Waals surface area contributed by atoms with Gasteiger partial charge in [-0.05, 0) is 77.1 Å². The number of carbonyl (C=O) groups is 1. The topological polar surface area (TPSA) is 42.0 Å². The summed E-state index contributed by atoms with van der Waals surface area (Å²) in [6.07, 6.45) is 10.8. The predicted molar refractivity (Wildman–Crippen MR) is 121 cm³/mol. The molecule has 30 heavy (non-hydrogen) atoms. The molecule has 1 saturated carbocycles. The van der Waals surface area contributed by atoms with Crippen LogP contribution in [0.25, 0.3) is 0 Å². The van der Waals surface area contributed by atoms with Crippen molar-refractivity contribution in [1.82, 2.24) is 9.80 Å². The van der Waals surface area contributed by atoms with E-state index < -0.39 is 0 Å². The van der Waals surface area contributed by atoms with Crippen LogP contribution in [0.15, 0.2) is 30.3 Å². The number of hydrogen-bond donors (Lipinski definition) is 0. The number of amides is 1. The molecular weight excluding hydrogens is 376 g/mol. The van der Waals surface area contributed by atoms with Crippen molar-refractivity contribution in [2.24, 2.45) is 0 Å². The van der Waals surface area contributed by atoms with Crippen molar-refractivity contribution in [3.8, 4) is 0 Å². The molecule has 2 fully saturated rings. The molecule has 0 bridgehead atoms. The summed E-state index contributed by atoms with van der Waals surface area (Å²) < 4.78 is 11.7. The number of unbranched alkanes of at least 4 members (excludes halogenated alkanes) is 3. The van der Waals surface area contributed by atoms with Gasteiger partial charge < -0.3 is 19.3 Å². The van der Waals surface area contributed by atoms with E-state index in [0.29, 0.717) is 19.3 Å². The molecule has 0 atom stereocenters. The summed E-state index contributed by atoms with van der Waals surface area (Å²) in [6.45, 7) is 7.86.